The monoisotopic (exact) mass is 209 g/mol. The van der Waals surface area contributed by atoms with E-state index in [-0.39, 0.29) is 0 Å². The van der Waals surface area contributed by atoms with E-state index in [1.807, 2.05) is 30.5 Å². The molecule has 1 aromatic carbocycles. The highest BCUT2D eigenvalue weighted by Gasteiger charge is 1.98. The molecule has 1 heterocycles. The predicted molar refractivity (Wildman–Crippen MR) is 69.4 cm³/mol. The molecule has 16 heavy (non-hydrogen) atoms. The summed E-state index contributed by atoms with van der Waals surface area (Å²) < 4.78 is 0. The third kappa shape index (κ3) is 2.37. The quantitative estimate of drug-likeness (QED) is 0.696. The van der Waals surface area contributed by atoms with Crippen LogP contribution in [0, 0.1) is 0 Å². The van der Waals surface area contributed by atoms with Gasteiger partial charge in [-0.2, -0.15) is 0 Å². The summed E-state index contributed by atoms with van der Waals surface area (Å²) >= 11 is 0. The van der Waals surface area contributed by atoms with Gasteiger partial charge in [-0.25, -0.2) is 0 Å². The minimum atomic E-state index is 0.948. The fourth-order valence-electron chi connectivity index (χ4n) is 1.66. The summed E-state index contributed by atoms with van der Waals surface area (Å²) in [5.74, 6) is 0. The van der Waals surface area contributed by atoms with Crippen LogP contribution in [0.2, 0.25) is 0 Å². The molecule has 0 fully saturated rings. The zero-order valence-corrected chi connectivity index (χ0v) is 9.32. The van der Waals surface area contributed by atoms with Gasteiger partial charge in [0.05, 0.1) is 5.52 Å². The molecule has 2 aromatic rings. The number of benzene rings is 1. The van der Waals surface area contributed by atoms with Crippen LogP contribution < -0.4 is 0 Å². The topological polar surface area (TPSA) is 12.9 Å². The van der Waals surface area contributed by atoms with Crippen LogP contribution in [0.3, 0.4) is 0 Å². The van der Waals surface area contributed by atoms with Gasteiger partial charge in [-0.3, -0.25) is 4.98 Å². The molecule has 0 aliphatic rings. The van der Waals surface area contributed by atoms with Gasteiger partial charge in [0.2, 0.25) is 0 Å². The van der Waals surface area contributed by atoms with Crippen LogP contribution in [-0.2, 0) is 6.42 Å². The summed E-state index contributed by atoms with van der Waals surface area (Å²) in [7, 11) is 0. The van der Waals surface area contributed by atoms with Crippen LogP contribution in [0.25, 0.3) is 10.9 Å². The highest BCUT2D eigenvalue weighted by atomic mass is 14.6. The molecule has 1 aromatic heterocycles. The van der Waals surface area contributed by atoms with Crippen LogP contribution in [0.5, 0.6) is 0 Å². The number of allylic oxidation sites excluding steroid dienone is 2. The van der Waals surface area contributed by atoms with Crippen molar-refractivity contribution in [3.63, 3.8) is 0 Å². The van der Waals surface area contributed by atoms with E-state index in [4.69, 9.17) is 0 Å². The Kier molecular flexibility index (Phi) is 3.16. The first-order chi connectivity index (χ1) is 7.79. The Morgan fingerprint density at radius 3 is 2.94 bits per heavy atom. The molecular formula is C15H15N. The number of nitrogens with zero attached hydrogens (tertiary/aromatic N) is 1. The summed E-state index contributed by atoms with van der Waals surface area (Å²) in [6.45, 7) is 7.62. The minimum Gasteiger partial charge on any atom is -0.256 e. The molecular weight excluding hydrogens is 194 g/mol. The van der Waals surface area contributed by atoms with Crippen LogP contribution in [0.15, 0.2) is 61.3 Å². The van der Waals surface area contributed by atoms with Crippen LogP contribution in [-0.4, -0.2) is 4.98 Å². The molecule has 0 unspecified atom stereocenters. The zero-order valence-electron chi connectivity index (χ0n) is 9.32. The van der Waals surface area contributed by atoms with Crippen molar-refractivity contribution >= 4 is 10.9 Å². The van der Waals surface area contributed by atoms with E-state index in [1.54, 1.807) is 0 Å². The second-order valence-electron chi connectivity index (χ2n) is 3.90. The normalized spacial score (nSPS) is 10.2. The van der Waals surface area contributed by atoms with Gasteiger partial charge in [-0.1, -0.05) is 43.0 Å². The number of para-hydroxylation sites is 1. The van der Waals surface area contributed by atoms with Gasteiger partial charge < -0.3 is 0 Å². The molecule has 0 saturated heterocycles. The lowest BCUT2D eigenvalue weighted by atomic mass is 10.1. The molecule has 0 radical (unpaired) electrons. The van der Waals surface area contributed by atoms with E-state index in [9.17, 15) is 0 Å². The molecule has 0 atom stereocenters. The summed E-state index contributed by atoms with van der Waals surface area (Å²) in [6.07, 6.45) is 5.68. The molecule has 1 heteroatoms. The van der Waals surface area contributed by atoms with E-state index >= 15 is 0 Å². The first-order valence-electron chi connectivity index (χ1n) is 5.43. The summed E-state index contributed by atoms with van der Waals surface area (Å²) in [4.78, 5) is 4.43. The van der Waals surface area contributed by atoms with Crippen molar-refractivity contribution in [3.05, 3.63) is 66.9 Å². The number of fused-ring (bicyclic) bond motifs is 1. The van der Waals surface area contributed by atoms with Crippen molar-refractivity contribution in [1.82, 2.24) is 4.98 Å². The lowest BCUT2D eigenvalue weighted by Gasteiger charge is -2.03. The maximum Gasteiger partial charge on any atom is 0.0702 e. The third-order valence-corrected chi connectivity index (χ3v) is 2.67. The number of hydrogen-bond acceptors (Lipinski definition) is 1. The van der Waals surface area contributed by atoms with Gasteiger partial charge in [-0.15, -0.1) is 0 Å². The average Bonchev–Trinajstić information content (AvgIpc) is 2.35. The van der Waals surface area contributed by atoms with Gasteiger partial charge in [0, 0.05) is 11.6 Å². The molecule has 0 saturated carbocycles. The fourth-order valence-corrected chi connectivity index (χ4v) is 1.66. The average molecular weight is 209 g/mol. The Labute approximate surface area is 96.1 Å². The van der Waals surface area contributed by atoms with Crippen LogP contribution >= 0.6 is 0 Å². The zero-order chi connectivity index (χ0) is 11.4. The van der Waals surface area contributed by atoms with Gasteiger partial charge in [0.1, 0.15) is 0 Å². The number of hydrogen-bond donors (Lipinski definition) is 0. The van der Waals surface area contributed by atoms with Crippen LogP contribution in [0.4, 0.5) is 0 Å². The Morgan fingerprint density at radius 2 is 2.12 bits per heavy atom. The van der Waals surface area contributed by atoms with Crippen molar-refractivity contribution in [3.8, 4) is 0 Å². The van der Waals surface area contributed by atoms with Crippen molar-refractivity contribution in [2.45, 2.75) is 12.8 Å². The largest absolute Gasteiger partial charge is 0.256 e. The standard InChI is InChI=1S/C15H15N/c1-3-12(2)8-9-13-10-14-6-4-5-7-15(14)16-11-13/h3-7,10-11H,1-2,8-9H2. The Bertz CT molecular complexity index is 526. The smallest absolute Gasteiger partial charge is 0.0702 e. The maximum atomic E-state index is 4.43. The lowest BCUT2D eigenvalue weighted by molar-refractivity contribution is 0.964. The molecule has 80 valence electrons. The fraction of sp³-hybridized carbons (Fsp3) is 0.133. The van der Waals surface area contributed by atoms with E-state index in [1.165, 1.54) is 10.9 Å². The van der Waals surface area contributed by atoms with Crippen LogP contribution in [0.1, 0.15) is 12.0 Å². The van der Waals surface area contributed by atoms with E-state index < -0.39 is 0 Å². The molecule has 0 spiro atoms. The molecule has 0 amide bonds. The van der Waals surface area contributed by atoms with Crippen molar-refractivity contribution in [2.75, 3.05) is 0 Å². The lowest BCUT2D eigenvalue weighted by Crippen LogP contribution is -1.88. The minimum absolute atomic E-state index is 0.948. The first kappa shape index (κ1) is 10.6. The van der Waals surface area contributed by atoms with E-state index in [0.29, 0.717) is 0 Å². The number of pyridine rings is 1. The first-order valence-corrected chi connectivity index (χ1v) is 5.43. The van der Waals surface area contributed by atoms with Crippen molar-refractivity contribution < 1.29 is 0 Å². The van der Waals surface area contributed by atoms with Gasteiger partial charge in [0.15, 0.2) is 0 Å². The molecule has 0 aliphatic heterocycles. The Balaban J connectivity index is 2.19. The number of aryl methyl sites for hydroxylation is 1. The summed E-state index contributed by atoms with van der Waals surface area (Å²) in [6, 6.07) is 10.4. The Morgan fingerprint density at radius 1 is 1.31 bits per heavy atom. The number of rotatable bonds is 4. The van der Waals surface area contributed by atoms with Crippen molar-refractivity contribution in [1.29, 1.82) is 0 Å². The molecule has 0 bridgehead atoms. The highest BCUT2D eigenvalue weighted by molar-refractivity contribution is 5.78. The van der Waals surface area contributed by atoms with E-state index in [0.717, 1.165) is 23.9 Å². The van der Waals surface area contributed by atoms with E-state index in [2.05, 4.69) is 30.3 Å². The van der Waals surface area contributed by atoms with Gasteiger partial charge in [-0.05, 0) is 30.5 Å². The second-order valence-corrected chi connectivity index (χ2v) is 3.90. The molecule has 0 aliphatic carbocycles. The van der Waals surface area contributed by atoms with Gasteiger partial charge in [0.25, 0.3) is 0 Å². The van der Waals surface area contributed by atoms with Crippen molar-refractivity contribution in [2.24, 2.45) is 0 Å². The summed E-state index contributed by atoms with van der Waals surface area (Å²) in [5.41, 5.74) is 3.38. The highest BCUT2D eigenvalue weighted by Crippen LogP contribution is 2.15. The SMILES string of the molecule is C=CC(=C)CCc1cnc2ccccc2c1. The predicted octanol–water partition coefficient (Wildman–Crippen LogP) is 3.91. The molecule has 0 N–H and O–H groups in total. The second kappa shape index (κ2) is 4.75. The Hall–Kier alpha value is -1.89. The molecule has 2 rings (SSSR count). The van der Waals surface area contributed by atoms with Gasteiger partial charge >= 0.3 is 0 Å². The number of aromatic nitrogens is 1. The summed E-state index contributed by atoms with van der Waals surface area (Å²) in [5, 5.41) is 1.20. The third-order valence-electron chi connectivity index (χ3n) is 2.67. The maximum absolute atomic E-state index is 4.43. The molecule has 1 nitrogen and oxygen atoms in total.